The lowest BCUT2D eigenvalue weighted by molar-refractivity contribution is -0.108. The second kappa shape index (κ2) is 2.01. The van der Waals surface area contributed by atoms with Gasteiger partial charge >= 0.3 is 0 Å². The molecule has 0 saturated heterocycles. The highest BCUT2D eigenvalue weighted by molar-refractivity contribution is 5.06. The van der Waals surface area contributed by atoms with Gasteiger partial charge in [-0.15, -0.1) is 0 Å². The first-order chi connectivity index (χ1) is 5.03. The van der Waals surface area contributed by atoms with Crippen molar-refractivity contribution in [3.05, 3.63) is 0 Å². The third-order valence-electron chi connectivity index (χ3n) is 4.41. The number of hydrogen-bond donors (Lipinski definition) is 1. The van der Waals surface area contributed by atoms with Crippen molar-refractivity contribution in [1.82, 2.24) is 0 Å². The lowest BCUT2D eigenvalue weighted by Crippen LogP contribution is -2.58. The quantitative estimate of drug-likeness (QED) is 0.566. The predicted octanol–water partition coefficient (Wildman–Crippen LogP) is 2.02. The van der Waals surface area contributed by atoms with Gasteiger partial charge in [0.1, 0.15) is 0 Å². The van der Waals surface area contributed by atoms with Gasteiger partial charge in [-0.25, -0.2) is 0 Å². The average Bonchev–Trinajstić information content (AvgIpc) is 1.93. The summed E-state index contributed by atoms with van der Waals surface area (Å²) >= 11 is 0. The molecule has 2 bridgehead atoms. The topological polar surface area (TPSA) is 26.0 Å². The van der Waals surface area contributed by atoms with Crippen molar-refractivity contribution >= 4 is 0 Å². The molecule has 0 spiro atoms. The van der Waals surface area contributed by atoms with Gasteiger partial charge in [-0.2, -0.15) is 0 Å². The van der Waals surface area contributed by atoms with Crippen LogP contribution in [-0.2, 0) is 0 Å². The fourth-order valence-corrected chi connectivity index (χ4v) is 3.19. The fraction of sp³-hybridized carbons (Fsp3) is 1.00. The highest BCUT2D eigenvalue weighted by Gasteiger charge is 2.55. The molecular formula is C10H19N. The number of nitrogens with two attached hydrogens (primary N) is 1. The van der Waals surface area contributed by atoms with Gasteiger partial charge in [0.25, 0.3) is 0 Å². The van der Waals surface area contributed by atoms with Gasteiger partial charge in [0.15, 0.2) is 0 Å². The summed E-state index contributed by atoms with van der Waals surface area (Å²) in [6.07, 6.45) is 2.71. The molecule has 3 aliphatic carbocycles. The molecule has 3 rings (SSSR count). The summed E-state index contributed by atoms with van der Waals surface area (Å²) < 4.78 is 0. The Morgan fingerprint density at radius 1 is 1.27 bits per heavy atom. The zero-order valence-electron chi connectivity index (χ0n) is 7.80. The molecule has 0 aromatic heterocycles. The summed E-state index contributed by atoms with van der Waals surface area (Å²) in [5, 5.41) is 0. The van der Waals surface area contributed by atoms with Crippen molar-refractivity contribution in [2.75, 3.05) is 0 Å². The van der Waals surface area contributed by atoms with Crippen LogP contribution in [0.3, 0.4) is 0 Å². The molecule has 0 amide bonds. The van der Waals surface area contributed by atoms with E-state index in [4.69, 9.17) is 5.73 Å². The van der Waals surface area contributed by atoms with E-state index in [1.54, 1.807) is 0 Å². The molecule has 2 N–H and O–H groups in total. The van der Waals surface area contributed by atoms with Crippen molar-refractivity contribution in [2.45, 2.75) is 39.7 Å². The number of fused-ring (bicyclic) bond motifs is 2. The van der Waals surface area contributed by atoms with E-state index in [-0.39, 0.29) is 0 Å². The largest absolute Gasteiger partial charge is 0.327 e. The lowest BCUT2D eigenvalue weighted by atomic mass is 9.45. The zero-order chi connectivity index (χ0) is 8.22. The van der Waals surface area contributed by atoms with Crippen LogP contribution in [-0.4, -0.2) is 6.04 Å². The molecule has 0 heterocycles. The van der Waals surface area contributed by atoms with E-state index in [1.807, 2.05) is 0 Å². The minimum absolute atomic E-state index is 0.492. The Bertz CT molecular complexity index is 174. The van der Waals surface area contributed by atoms with Crippen molar-refractivity contribution in [2.24, 2.45) is 28.9 Å². The first-order valence-electron chi connectivity index (χ1n) is 4.79. The Morgan fingerprint density at radius 2 is 1.91 bits per heavy atom. The normalized spacial score (nSPS) is 53.5. The van der Waals surface area contributed by atoms with Gasteiger partial charge in [0, 0.05) is 6.04 Å². The second-order valence-electron chi connectivity index (χ2n) is 5.12. The van der Waals surface area contributed by atoms with Gasteiger partial charge in [0.2, 0.25) is 0 Å². The smallest absolute Gasteiger partial charge is 0.00702 e. The molecule has 1 nitrogen and oxygen atoms in total. The maximum atomic E-state index is 6.02. The van der Waals surface area contributed by atoms with E-state index in [1.165, 1.54) is 12.8 Å². The van der Waals surface area contributed by atoms with Crippen LogP contribution in [0.5, 0.6) is 0 Å². The van der Waals surface area contributed by atoms with Gasteiger partial charge in [-0.1, -0.05) is 20.8 Å². The van der Waals surface area contributed by atoms with E-state index in [0.717, 1.165) is 17.8 Å². The molecule has 0 aliphatic heterocycles. The van der Waals surface area contributed by atoms with Crippen LogP contribution in [0.15, 0.2) is 0 Å². The fourth-order valence-electron chi connectivity index (χ4n) is 3.19. The standard InChI is InChI=1S/C10H19N/c1-6-8-4-7(5-9(6)11)10(8,2)3/h6-9H,4-5,11H2,1-3H3/t6-,7+,8+,9-/m0/s1. The molecule has 0 unspecified atom stereocenters. The molecule has 1 heteroatoms. The summed E-state index contributed by atoms with van der Waals surface area (Å²) in [5.41, 5.74) is 6.63. The second-order valence-corrected chi connectivity index (χ2v) is 5.12. The summed E-state index contributed by atoms with van der Waals surface area (Å²) in [7, 11) is 0. The van der Waals surface area contributed by atoms with E-state index < -0.39 is 0 Å². The number of rotatable bonds is 0. The van der Waals surface area contributed by atoms with Crippen molar-refractivity contribution in [3.8, 4) is 0 Å². The van der Waals surface area contributed by atoms with Crippen molar-refractivity contribution in [3.63, 3.8) is 0 Å². The average molecular weight is 153 g/mol. The van der Waals surface area contributed by atoms with E-state index in [2.05, 4.69) is 20.8 Å². The van der Waals surface area contributed by atoms with E-state index in [0.29, 0.717) is 11.5 Å². The van der Waals surface area contributed by atoms with Crippen molar-refractivity contribution < 1.29 is 0 Å². The van der Waals surface area contributed by atoms with Gasteiger partial charge in [-0.05, 0) is 36.0 Å². The minimum atomic E-state index is 0.492. The van der Waals surface area contributed by atoms with Crippen molar-refractivity contribution in [1.29, 1.82) is 0 Å². The van der Waals surface area contributed by atoms with Crippen LogP contribution in [0, 0.1) is 23.2 Å². The molecule has 3 aliphatic rings. The summed E-state index contributed by atoms with van der Waals surface area (Å²) in [6, 6.07) is 0.492. The van der Waals surface area contributed by atoms with Crippen LogP contribution in [0.4, 0.5) is 0 Å². The molecule has 0 radical (unpaired) electrons. The Hall–Kier alpha value is -0.0400. The van der Waals surface area contributed by atoms with Crippen LogP contribution in [0.2, 0.25) is 0 Å². The molecule has 4 atom stereocenters. The highest BCUT2D eigenvalue weighted by Crippen LogP contribution is 2.60. The van der Waals surface area contributed by atoms with Crippen LogP contribution >= 0.6 is 0 Å². The van der Waals surface area contributed by atoms with Gasteiger partial charge in [0.05, 0.1) is 0 Å². The lowest BCUT2D eigenvalue weighted by Gasteiger charge is -2.61. The molecule has 3 fully saturated rings. The van der Waals surface area contributed by atoms with Crippen LogP contribution < -0.4 is 5.73 Å². The maximum Gasteiger partial charge on any atom is 0.00702 e. The SMILES string of the molecule is C[C@H]1[C@H]2C[C@H](C[C@@H]1N)C2(C)C. The van der Waals surface area contributed by atoms with Gasteiger partial charge < -0.3 is 5.73 Å². The third-order valence-corrected chi connectivity index (χ3v) is 4.41. The molecule has 11 heavy (non-hydrogen) atoms. The van der Waals surface area contributed by atoms with Crippen LogP contribution in [0.1, 0.15) is 33.6 Å². The van der Waals surface area contributed by atoms with E-state index >= 15 is 0 Å². The molecular weight excluding hydrogens is 134 g/mol. The maximum absolute atomic E-state index is 6.02. The summed E-state index contributed by atoms with van der Waals surface area (Å²) in [5.74, 6) is 2.60. The monoisotopic (exact) mass is 153 g/mol. The van der Waals surface area contributed by atoms with E-state index in [9.17, 15) is 0 Å². The summed E-state index contributed by atoms with van der Waals surface area (Å²) in [4.78, 5) is 0. The zero-order valence-corrected chi connectivity index (χ0v) is 7.80. The van der Waals surface area contributed by atoms with Gasteiger partial charge in [-0.3, -0.25) is 0 Å². The molecule has 3 saturated carbocycles. The molecule has 0 aromatic carbocycles. The van der Waals surface area contributed by atoms with Crippen LogP contribution in [0.25, 0.3) is 0 Å². The molecule has 0 aromatic rings. The first kappa shape index (κ1) is 7.60. The Balaban J connectivity index is 2.17. The Morgan fingerprint density at radius 3 is 2.27 bits per heavy atom. The third kappa shape index (κ3) is 0.807. The predicted molar refractivity (Wildman–Crippen MR) is 47.1 cm³/mol. The highest BCUT2D eigenvalue weighted by atomic mass is 14.7. The minimum Gasteiger partial charge on any atom is -0.327 e. The number of hydrogen-bond acceptors (Lipinski definition) is 1. The summed E-state index contributed by atoms with van der Waals surface area (Å²) in [6.45, 7) is 7.15. The Kier molecular flexibility index (Phi) is 1.39. The Labute approximate surface area is 69.4 Å². The first-order valence-corrected chi connectivity index (χ1v) is 4.79. The molecule has 64 valence electrons.